The van der Waals surface area contributed by atoms with Gasteiger partial charge >= 0.3 is 6.03 Å². The number of carbonyl (C=O) groups is 2. The van der Waals surface area contributed by atoms with Crippen LogP contribution in [0.1, 0.15) is 15.4 Å². The lowest BCUT2D eigenvalue weighted by Crippen LogP contribution is -2.31. The number of allylic oxidation sites excluding steroid dienone is 2. The average Bonchev–Trinajstić information content (AvgIpc) is 3.35. The van der Waals surface area contributed by atoms with E-state index in [1.165, 1.54) is 41.4 Å². The Morgan fingerprint density at radius 1 is 1.37 bits per heavy atom. The fourth-order valence-electron chi connectivity index (χ4n) is 2.46. The zero-order valence-electron chi connectivity index (χ0n) is 15.5. The highest BCUT2D eigenvalue weighted by molar-refractivity contribution is 7.17. The molecule has 3 N–H and O–H groups in total. The van der Waals surface area contributed by atoms with Crippen molar-refractivity contribution in [3.05, 3.63) is 82.2 Å². The summed E-state index contributed by atoms with van der Waals surface area (Å²) in [5.41, 5.74) is 6.11. The Balaban J connectivity index is 1.73. The molecule has 3 amide bonds. The summed E-state index contributed by atoms with van der Waals surface area (Å²) < 4.78 is 16.4. The molecule has 2 aromatic heterocycles. The van der Waals surface area contributed by atoms with Crippen molar-refractivity contribution < 1.29 is 14.0 Å². The second-order valence-corrected chi connectivity index (χ2v) is 7.58. The van der Waals surface area contributed by atoms with Gasteiger partial charge < -0.3 is 11.1 Å². The van der Waals surface area contributed by atoms with E-state index in [4.69, 9.17) is 17.3 Å². The van der Waals surface area contributed by atoms with Gasteiger partial charge in [-0.25, -0.2) is 13.9 Å². The SMILES string of the molecule is C=C/C=C\N(C(N)=O)c1ccc(-n2cc(CNC(=O)c3ccc(Cl)s3)nn2)c(F)c1. The van der Waals surface area contributed by atoms with Crippen molar-refractivity contribution in [1.82, 2.24) is 20.3 Å². The number of aromatic nitrogens is 3. The number of carbonyl (C=O) groups excluding carboxylic acids is 2. The van der Waals surface area contributed by atoms with Gasteiger partial charge in [-0.05, 0) is 30.3 Å². The molecular formula is C19H16ClFN6O2S. The number of anilines is 1. The van der Waals surface area contributed by atoms with Gasteiger partial charge in [0.05, 0.1) is 27.6 Å². The molecule has 3 rings (SSSR count). The predicted molar refractivity (Wildman–Crippen MR) is 113 cm³/mol. The molecular weight excluding hydrogens is 431 g/mol. The minimum absolute atomic E-state index is 0.107. The molecule has 3 aromatic rings. The average molecular weight is 447 g/mol. The highest BCUT2D eigenvalue weighted by Gasteiger charge is 2.15. The van der Waals surface area contributed by atoms with Crippen LogP contribution in [0.25, 0.3) is 5.69 Å². The molecule has 0 atom stereocenters. The molecule has 11 heteroatoms. The summed E-state index contributed by atoms with van der Waals surface area (Å²) in [6.45, 7) is 3.62. The van der Waals surface area contributed by atoms with E-state index in [-0.39, 0.29) is 23.8 Å². The van der Waals surface area contributed by atoms with Crippen LogP contribution in [-0.2, 0) is 6.54 Å². The number of hydrogen-bond donors (Lipinski definition) is 2. The van der Waals surface area contributed by atoms with E-state index < -0.39 is 11.8 Å². The van der Waals surface area contributed by atoms with Crippen LogP contribution >= 0.6 is 22.9 Å². The number of primary amides is 1. The number of urea groups is 1. The Kier molecular flexibility index (Phi) is 6.60. The Morgan fingerprint density at radius 3 is 2.80 bits per heavy atom. The van der Waals surface area contributed by atoms with Gasteiger partial charge in [0.15, 0.2) is 5.82 Å². The minimum atomic E-state index is -0.772. The lowest BCUT2D eigenvalue weighted by Gasteiger charge is -2.16. The third-order valence-corrected chi connectivity index (χ3v) is 5.06. The minimum Gasteiger partial charge on any atom is -0.351 e. The van der Waals surface area contributed by atoms with Crippen LogP contribution in [0.15, 0.2) is 61.5 Å². The van der Waals surface area contributed by atoms with E-state index in [1.807, 2.05) is 0 Å². The number of halogens is 2. The van der Waals surface area contributed by atoms with Crippen LogP contribution in [-0.4, -0.2) is 26.9 Å². The summed E-state index contributed by atoms with van der Waals surface area (Å²) in [5, 5.41) is 10.5. The van der Waals surface area contributed by atoms with Crippen LogP contribution in [0, 0.1) is 5.82 Å². The highest BCUT2D eigenvalue weighted by atomic mass is 35.5. The number of hydrogen-bond acceptors (Lipinski definition) is 5. The summed E-state index contributed by atoms with van der Waals surface area (Å²) in [5.74, 6) is -0.935. The second kappa shape index (κ2) is 9.33. The fraction of sp³-hybridized carbons (Fsp3) is 0.0526. The van der Waals surface area contributed by atoms with Crippen LogP contribution in [0.5, 0.6) is 0 Å². The maximum absolute atomic E-state index is 14.6. The van der Waals surface area contributed by atoms with Gasteiger partial charge in [0.2, 0.25) is 0 Å². The van der Waals surface area contributed by atoms with Gasteiger partial charge in [-0.2, -0.15) is 0 Å². The molecule has 0 radical (unpaired) electrons. The third kappa shape index (κ3) is 4.91. The summed E-state index contributed by atoms with van der Waals surface area (Å²) >= 11 is 6.98. The largest absolute Gasteiger partial charge is 0.351 e. The summed E-state index contributed by atoms with van der Waals surface area (Å²) in [4.78, 5) is 25.2. The van der Waals surface area contributed by atoms with Gasteiger partial charge in [-0.1, -0.05) is 29.5 Å². The monoisotopic (exact) mass is 446 g/mol. The van der Waals surface area contributed by atoms with Gasteiger partial charge in [-0.3, -0.25) is 9.69 Å². The molecule has 8 nitrogen and oxygen atoms in total. The maximum Gasteiger partial charge on any atom is 0.323 e. The molecule has 0 bridgehead atoms. The lowest BCUT2D eigenvalue weighted by molar-refractivity contribution is 0.0954. The van der Waals surface area contributed by atoms with E-state index in [1.54, 1.807) is 12.1 Å². The zero-order valence-corrected chi connectivity index (χ0v) is 17.0. The number of nitrogens with zero attached hydrogens (tertiary/aromatic N) is 4. The highest BCUT2D eigenvalue weighted by Crippen LogP contribution is 2.22. The summed E-state index contributed by atoms with van der Waals surface area (Å²) in [7, 11) is 0. The Labute approximate surface area is 180 Å². The lowest BCUT2D eigenvalue weighted by atomic mass is 10.2. The van der Waals surface area contributed by atoms with Crippen molar-refractivity contribution >= 4 is 40.6 Å². The van der Waals surface area contributed by atoms with E-state index in [0.717, 1.165) is 22.3 Å². The smallest absolute Gasteiger partial charge is 0.323 e. The first-order valence-corrected chi connectivity index (χ1v) is 9.71. The molecule has 154 valence electrons. The maximum atomic E-state index is 14.6. The second-order valence-electron chi connectivity index (χ2n) is 5.86. The van der Waals surface area contributed by atoms with Gasteiger partial charge in [0.25, 0.3) is 5.91 Å². The van der Waals surface area contributed by atoms with Crippen molar-refractivity contribution in [1.29, 1.82) is 0 Å². The quantitative estimate of drug-likeness (QED) is 0.540. The zero-order chi connectivity index (χ0) is 21.7. The van der Waals surface area contributed by atoms with Crippen molar-refractivity contribution in [3.63, 3.8) is 0 Å². The number of benzene rings is 1. The molecule has 0 saturated carbocycles. The Morgan fingerprint density at radius 2 is 2.17 bits per heavy atom. The van der Waals surface area contributed by atoms with E-state index >= 15 is 0 Å². The number of amides is 3. The van der Waals surface area contributed by atoms with E-state index in [2.05, 4.69) is 22.2 Å². The number of nitrogens with one attached hydrogen (secondary N) is 1. The number of thiophene rings is 1. The van der Waals surface area contributed by atoms with E-state index in [9.17, 15) is 14.0 Å². The Bertz CT molecular complexity index is 1130. The van der Waals surface area contributed by atoms with Crippen LogP contribution in [0.3, 0.4) is 0 Å². The molecule has 0 aliphatic rings. The van der Waals surface area contributed by atoms with Crippen molar-refractivity contribution in [2.24, 2.45) is 5.73 Å². The van der Waals surface area contributed by atoms with E-state index in [0.29, 0.717) is 14.9 Å². The first-order valence-electron chi connectivity index (χ1n) is 8.51. The molecule has 0 fully saturated rings. The summed E-state index contributed by atoms with van der Waals surface area (Å²) in [6.07, 6.45) is 5.83. The van der Waals surface area contributed by atoms with Crippen molar-refractivity contribution in [2.75, 3.05) is 4.90 Å². The molecule has 30 heavy (non-hydrogen) atoms. The number of nitrogens with two attached hydrogens (primary N) is 1. The molecule has 0 aliphatic carbocycles. The topological polar surface area (TPSA) is 106 Å². The van der Waals surface area contributed by atoms with Gasteiger partial charge in [-0.15, -0.1) is 16.4 Å². The molecule has 0 spiro atoms. The molecule has 0 aliphatic heterocycles. The first kappa shape index (κ1) is 21.2. The van der Waals surface area contributed by atoms with Crippen molar-refractivity contribution in [2.45, 2.75) is 6.54 Å². The Hall–Kier alpha value is -3.50. The standard InChI is InChI=1S/C19H16ClFN6O2S/c1-2-3-8-26(19(22)29)13-4-5-15(14(21)9-13)27-11-12(24-25-27)10-23-18(28)16-6-7-17(20)30-16/h2-9,11H,1,10H2,(H2,22,29)(H,23,28)/b8-3-. The third-order valence-electron chi connectivity index (χ3n) is 3.83. The predicted octanol–water partition coefficient (Wildman–Crippen LogP) is 3.64. The molecule has 0 unspecified atom stereocenters. The molecule has 2 heterocycles. The van der Waals surface area contributed by atoms with Crippen LogP contribution < -0.4 is 16.0 Å². The van der Waals surface area contributed by atoms with Crippen LogP contribution in [0.2, 0.25) is 4.34 Å². The number of rotatable bonds is 7. The fourth-order valence-corrected chi connectivity index (χ4v) is 3.42. The van der Waals surface area contributed by atoms with Crippen molar-refractivity contribution in [3.8, 4) is 5.69 Å². The van der Waals surface area contributed by atoms with Crippen LogP contribution in [0.4, 0.5) is 14.9 Å². The first-order chi connectivity index (χ1) is 14.4. The molecule has 1 aromatic carbocycles. The van der Waals surface area contributed by atoms with Gasteiger partial charge in [0.1, 0.15) is 11.4 Å². The van der Waals surface area contributed by atoms with Gasteiger partial charge in [0, 0.05) is 12.3 Å². The summed E-state index contributed by atoms with van der Waals surface area (Å²) in [6, 6.07) is 6.59. The molecule has 0 saturated heterocycles. The normalized spacial score (nSPS) is 10.9.